The van der Waals surface area contributed by atoms with E-state index >= 15 is 0 Å². The molecule has 0 saturated heterocycles. The highest BCUT2D eigenvalue weighted by Crippen LogP contribution is 2.17. The van der Waals surface area contributed by atoms with E-state index in [0.29, 0.717) is 16.3 Å². The summed E-state index contributed by atoms with van der Waals surface area (Å²) in [7, 11) is 0. The van der Waals surface area contributed by atoms with Crippen LogP contribution >= 0.6 is 11.6 Å². The van der Waals surface area contributed by atoms with Crippen molar-refractivity contribution in [2.45, 2.75) is 6.92 Å². The minimum Gasteiger partial charge on any atom is -0.326 e. The summed E-state index contributed by atoms with van der Waals surface area (Å²) in [6.45, 7) is 1.44. The highest BCUT2D eigenvalue weighted by molar-refractivity contribution is 6.32. The van der Waals surface area contributed by atoms with Gasteiger partial charge in [-0.1, -0.05) is 29.8 Å². The van der Waals surface area contributed by atoms with Crippen molar-refractivity contribution in [2.75, 3.05) is 5.32 Å². The zero-order chi connectivity index (χ0) is 15.2. The maximum absolute atomic E-state index is 12.0. The number of benzene rings is 2. The largest absolute Gasteiger partial charge is 0.326 e. The van der Waals surface area contributed by atoms with Crippen molar-refractivity contribution in [3.63, 3.8) is 0 Å². The Labute approximate surface area is 128 Å². The van der Waals surface area contributed by atoms with E-state index in [0.717, 1.165) is 5.56 Å². The molecule has 1 amide bonds. The summed E-state index contributed by atoms with van der Waals surface area (Å²) in [6.07, 6.45) is 3.17. The fourth-order valence-electron chi connectivity index (χ4n) is 1.79. The van der Waals surface area contributed by atoms with E-state index in [1.807, 2.05) is 18.2 Å². The van der Waals surface area contributed by atoms with E-state index in [9.17, 15) is 9.59 Å². The molecule has 0 saturated carbocycles. The van der Waals surface area contributed by atoms with Gasteiger partial charge in [0.05, 0.1) is 0 Å². The van der Waals surface area contributed by atoms with Gasteiger partial charge in [0.2, 0.25) is 5.91 Å². The highest BCUT2D eigenvalue weighted by atomic mass is 35.5. The van der Waals surface area contributed by atoms with E-state index in [-0.39, 0.29) is 11.7 Å². The van der Waals surface area contributed by atoms with Crippen molar-refractivity contribution in [1.29, 1.82) is 0 Å². The lowest BCUT2D eigenvalue weighted by molar-refractivity contribution is -0.114. The summed E-state index contributed by atoms with van der Waals surface area (Å²) in [5.74, 6) is -0.267. The maximum Gasteiger partial charge on any atom is 0.221 e. The number of carbonyl (C=O) groups is 2. The van der Waals surface area contributed by atoms with E-state index < -0.39 is 0 Å². The van der Waals surface area contributed by atoms with Crippen molar-refractivity contribution in [1.82, 2.24) is 0 Å². The number of halogens is 1. The molecule has 0 spiro atoms. The summed E-state index contributed by atoms with van der Waals surface area (Å²) >= 11 is 6.02. The minimum absolute atomic E-state index is 0.121. The molecule has 21 heavy (non-hydrogen) atoms. The van der Waals surface area contributed by atoms with Crippen molar-refractivity contribution in [3.05, 3.63) is 70.8 Å². The molecule has 0 aliphatic carbocycles. The van der Waals surface area contributed by atoms with Gasteiger partial charge in [0, 0.05) is 23.2 Å². The van der Waals surface area contributed by atoms with Crippen molar-refractivity contribution < 1.29 is 9.59 Å². The molecule has 106 valence electrons. The van der Waals surface area contributed by atoms with Crippen molar-refractivity contribution in [2.24, 2.45) is 0 Å². The van der Waals surface area contributed by atoms with Gasteiger partial charge >= 0.3 is 0 Å². The molecule has 2 rings (SSSR count). The quantitative estimate of drug-likeness (QED) is 0.679. The molecule has 0 heterocycles. The number of rotatable bonds is 4. The number of nitrogens with one attached hydrogen (secondary N) is 1. The molecule has 3 nitrogen and oxygen atoms in total. The second kappa shape index (κ2) is 6.86. The molecule has 0 fully saturated rings. The monoisotopic (exact) mass is 299 g/mol. The van der Waals surface area contributed by atoms with Gasteiger partial charge in [0.15, 0.2) is 5.78 Å². The first-order chi connectivity index (χ1) is 10.1. The molecule has 2 aromatic carbocycles. The van der Waals surface area contributed by atoms with E-state index in [1.165, 1.54) is 13.0 Å². The molecule has 2 aromatic rings. The zero-order valence-corrected chi connectivity index (χ0v) is 12.2. The lowest BCUT2D eigenvalue weighted by atomic mass is 10.1. The Hall–Kier alpha value is -2.39. The highest BCUT2D eigenvalue weighted by Gasteiger charge is 2.03. The van der Waals surface area contributed by atoms with Gasteiger partial charge in [0.1, 0.15) is 0 Å². The zero-order valence-electron chi connectivity index (χ0n) is 11.5. The van der Waals surface area contributed by atoms with Gasteiger partial charge < -0.3 is 5.32 Å². The Morgan fingerprint density at radius 3 is 2.33 bits per heavy atom. The Bertz CT molecular complexity index is 690. The van der Waals surface area contributed by atoms with E-state index in [2.05, 4.69) is 5.32 Å². The van der Waals surface area contributed by atoms with Crippen LogP contribution in [-0.2, 0) is 4.79 Å². The third-order valence-electron chi connectivity index (χ3n) is 2.81. The SMILES string of the molecule is CC(=O)Nc1ccc(C(=O)/C=C/c2ccccc2Cl)cc1. The number of allylic oxidation sites excluding steroid dienone is 1. The van der Waals surface area contributed by atoms with Crippen LogP contribution in [0.1, 0.15) is 22.8 Å². The van der Waals surface area contributed by atoms with Gasteiger partial charge in [-0.3, -0.25) is 9.59 Å². The lowest BCUT2D eigenvalue weighted by Gasteiger charge is -2.02. The number of carbonyl (C=O) groups excluding carboxylic acids is 2. The molecular formula is C17H14ClNO2. The first-order valence-corrected chi connectivity index (χ1v) is 6.78. The van der Waals surface area contributed by atoms with Crippen LogP contribution in [0.25, 0.3) is 6.08 Å². The van der Waals surface area contributed by atoms with Crippen LogP contribution in [0, 0.1) is 0 Å². The summed E-state index contributed by atoms with van der Waals surface area (Å²) in [6, 6.07) is 14.0. The van der Waals surface area contributed by atoms with Crippen LogP contribution in [0.4, 0.5) is 5.69 Å². The summed E-state index contributed by atoms with van der Waals surface area (Å²) < 4.78 is 0. The Morgan fingerprint density at radius 2 is 1.71 bits per heavy atom. The average molecular weight is 300 g/mol. The number of hydrogen-bond acceptors (Lipinski definition) is 2. The minimum atomic E-state index is -0.146. The third-order valence-corrected chi connectivity index (χ3v) is 3.15. The maximum atomic E-state index is 12.0. The number of anilines is 1. The summed E-state index contributed by atoms with van der Waals surface area (Å²) in [4.78, 5) is 23.0. The predicted molar refractivity (Wildman–Crippen MR) is 85.6 cm³/mol. The van der Waals surface area contributed by atoms with Crippen LogP contribution in [0.3, 0.4) is 0 Å². The molecule has 0 radical (unpaired) electrons. The molecule has 0 atom stereocenters. The van der Waals surface area contributed by atoms with Crippen molar-refractivity contribution >= 4 is 35.1 Å². The first-order valence-electron chi connectivity index (χ1n) is 6.41. The predicted octanol–water partition coefficient (Wildman–Crippen LogP) is 4.19. The smallest absolute Gasteiger partial charge is 0.221 e. The van der Waals surface area contributed by atoms with Gasteiger partial charge in [0.25, 0.3) is 0 Å². The summed E-state index contributed by atoms with van der Waals surface area (Å²) in [5, 5.41) is 3.25. The molecule has 1 N–H and O–H groups in total. The second-order valence-electron chi connectivity index (χ2n) is 4.48. The van der Waals surface area contributed by atoms with Gasteiger partial charge in [-0.2, -0.15) is 0 Å². The van der Waals surface area contributed by atoms with Crippen LogP contribution in [0.5, 0.6) is 0 Å². The van der Waals surface area contributed by atoms with Gasteiger partial charge in [-0.15, -0.1) is 0 Å². The van der Waals surface area contributed by atoms with E-state index in [1.54, 1.807) is 36.4 Å². The Kier molecular flexibility index (Phi) is 4.90. The third kappa shape index (κ3) is 4.29. The second-order valence-corrected chi connectivity index (χ2v) is 4.88. The van der Waals surface area contributed by atoms with E-state index in [4.69, 9.17) is 11.6 Å². The average Bonchev–Trinajstić information content (AvgIpc) is 2.46. The fraction of sp³-hybridized carbons (Fsp3) is 0.0588. The molecule has 0 aromatic heterocycles. The fourth-order valence-corrected chi connectivity index (χ4v) is 1.99. The Balaban J connectivity index is 2.10. The summed E-state index contributed by atoms with van der Waals surface area (Å²) in [5.41, 5.74) is 2.00. The molecule has 0 unspecified atom stereocenters. The molecule has 0 aliphatic rings. The van der Waals surface area contributed by atoms with Gasteiger partial charge in [-0.05, 0) is 48.0 Å². The number of ketones is 1. The topological polar surface area (TPSA) is 46.2 Å². The van der Waals surface area contributed by atoms with Crippen LogP contribution in [0.15, 0.2) is 54.6 Å². The van der Waals surface area contributed by atoms with Crippen LogP contribution in [-0.4, -0.2) is 11.7 Å². The van der Waals surface area contributed by atoms with Crippen LogP contribution in [0.2, 0.25) is 5.02 Å². The number of amides is 1. The number of hydrogen-bond donors (Lipinski definition) is 1. The van der Waals surface area contributed by atoms with Gasteiger partial charge in [-0.25, -0.2) is 0 Å². The molecule has 0 bridgehead atoms. The first kappa shape index (κ1) is 15.0. The molecule has 4 heteroatoms. The van der Waals surface area contributed by atoms with Crippen molar-refractivity contribution in [3.8, 4) is 0 Å². The van der Waals surface area contributed by atoms with Crippen LogP contribution < -0.4 is 5.32 Å². The standard InChI is InChI=1S/C17H14ClNO2/c1-12(20)19-15-9-6-14(7-10-15)17(21)11-8-13-4-2-3-5-16(13)18/h2-11H,1H3,(H,19,20)/b11-8+. The molecule has 0 aliphatic heterocycles. The normalized spacial score (nSPS) is 10.6. The lowest BCUT2D eigenvalue weighted by Crippen LogP contribution is -2.05. The Morgan fingerprint density at radius 1 is 1.05 bits per heavy atom. The molecular weight excluding hydrogens is 286 g/mol.